The zero-order valence-electron chi connectivity index (χ0n) is 17.1. The number of benzene rings is 3. The first kappa shape index (κ1) is 22.2. The van der Waals surface area contributed by atoms with Crippen LogP contribution in [-0.2, 0) is 6.42 Å². The van der Waals surface area contributed by atoms with Crippen molar-refractivity contribution in [3.8, 4) is 11.5 Å². The zero-order chi connectivity index (χ0) is 21.2. The van der Waals surface area contributed by atoms with Crippen molar-refractivity contribution in [2.45, 2.75) is 25.5 Å². The van der Waals surface area contributed by atoms with Gasteiger partial charge in [-0.3, -0.25) is 0 Å². The Morgan fingerprint density at radius 3 is 2.20 bits per heavy atom. The standard InChI is InChI=1S/C25H28ClNO3/c1-19(27-18-25(28)21-6-5-7-22(26)17-21)16-20-10-12-24(13-11-20)30-15-14-29-23-8-3-2-4-9-23/h2-13,17,19,25,27-28H,14-16,18H2,1H3. The fourth-order valence-corrected chi connectivity index (χ4v) is 3.33. The number of rotatable bonds is 11. The molecule has 0 heterocycles. The van der Waals surface area contributed by atoms with Gasteiger partial charge < -0.3 is 19.9 Å². The normalized spacial score (nSPS) is 12.9. The summed E-state index contributed by atoms with van der Waals surface area (Å²) < 4.78 is 11.4. The van der Waals surface area contributed by atoms with Crippen molar-refractivity contribution in [2.75, 3.05) is 19.8 Å². The number of aliphatic hydroxyl groups excluding tert-OH is 1. The second-order valence-corrected chi connectivity index (χ2v) is 7.67. The Balaban J connectivity index is 1.37. The molecule has 158 valence electrons. The molecule has 3 rings (SSSR count). The summed E-state index contributed by atoms with van der Waals surface area (Å²) in [7, 11) is 0. The Morgan fingerprint density at radius 2 is 1.53 bits per heavy atom. The van der Waals surface area contributed by atoms with Crippen LogP contribution >= 0.6 is 11.6 Å². The Bertz CT molecular complexity index is 886. The van der Waals surface area contributed by atoms with Gasteiger partial charge in [0.25, 0.3) is 0 Å². The first-order valence-corrected chi connectivity index (χ1v) is 10.5. The molecule has 0 spiro atoms. The molecule has 0 saturated heterocycles. The summed E-state index contributed by atoms with van der Waals surface area (Å²) in [6.07, 6.45) is 0.277. The average molecular weight is 426 g/mol. The lowest BCUT2D eigenvalue weighted by atomic mass is 10.1. The van der Waals surface area contributed by atoms with E-state index in [4.69, 9.17) is 21.1 Å². The van der Waals surface area contributed by atoms with Crippen molar-refractivity contribution in [2.24, 2.45) is 0 Å². The fourth-order valence-electron chi connectivity index (χ4n) is 3.13. The summed E-state index contributed by atoms with van der Waals surface area (Å²) >= 11 is 5.99. The van der Waals surface area contributed by atoms with E-state index in [0.717, 1.165) is 23.5 Å². The molecule has 2 N–H and O–H groups in total. The van der Waals surface area contributed by atoms with Crippen LogP contribution in [0.25, 0.3) is 0 Å². The SMILES string of the molecule is CC(Cc1ccc(OCCOc2ccccc2)cc1)NCC(O)c1cccc(Cl)c1. The largest absolute Gasteiger partial charge is 0.490 e. The molecule has 0 fully saturated rings. The van der Waals surface area contributed by atoms with Crippen LogP contribution in [0.1, 0.15) is 24.2 Å². The quantitative estimate of drug-likeness (QED) is 0.422. The third kappa shape index (κ3) is 7.38. The van der Waals surface area contributed by atoms with E-state index in [2.05, 4.69) is 24.4 Å². The van der Waals surface area contributed by atoms with E-state index in [1.54, 1.807) is 12.1 Å². The summed E-state index contributed by atoms with van der Waals surface area (Å²) in [6.45, 7) is 3.58. The molecule has 3 aromatic carbocycles. The minimum atomic E-state index is -0.583. The van der Waals surface area contributed by atoms with Gasteiger partial charge in [-0.1, -0.05) is 54.1 Å². The molecule has 5 heteroatoms. The average Bonchev–Trinajstić information content (AvgIpc) is 2.77. The first-order valence-electron chi connectivity index (χ1n) is 10.2. The summed E-state index contributed by atoms with van der Waals surface area (Å²) in [4.78, 5) is 0. The van der Waals surface area contributed by atoms with E-state index in [9.17, 15) is 5.11 Å². The van der Waals surface area contributed by atoms with Gasteiger partial charge in [0.2, 0.25) is 0 Å². The molecule has 0 radical (unpaired) electrons. The van der Waals surface area contributed by atoms with Crippen molar-refractivity contribution in [1.82, 2.24) is 5.32 Å². The highest BCUT2D eigenvalue weighted by molar-refractivity contribution is 6.30. The lowest BCUT2D eigenvalue weighted by Gasteiger charge is -2.18. The summed E-state index contributed by atoms with van der Waals surface area (Å²) in [6, 6.07) is 25.4. The second-order valence-electron chi connectivity index (χ2n) is 7.24. The van der Waals surface area contributed by atoms with Crippen molar-refractivity contribution in [1.29, 1.82) is 0 Å². The van der Waals surface area contributed by atoms with Gasteiger partial charge in [0.1, 0.15) is 24.7 Å². The van der Waals surface area contributed by atoms with E-state index in [1.165, 1.54) is 5.56 Å². The van der Waals surface area contributed by atoms with Crippen molar-refractivity contribution in [3.05, 3.63) is 95.0 Å². The van der Waals surface area contributed by atoms with Crippen LogP contribution in [0, 0.1) is 0 Å². The van der Waals surface area contributed by atoms with E-state index < -0.39 is 6.10 Å². The van der Waals surface area contributed by atoms with Gasteiger partial charge in [-0.2, -0.15) is 0 Å². The van der Waals surface area contributed by atoms with Gasteiger partial charge in [0, 0.05) is 17.6 Å². The van der Waals surface area contributed by atoms with Crippen LogP contribution in [-0.4, -0.2) is 30.9 Å². The van der Waals surface area contributed by atoms with Crippen molar-refractivity contribution < 1.29 is 14.6 Å². The molecule has 4 nitrogen and oxygen atoms in total. The number of aliphatic hydroxyl groups is 1. The molecule has 0 aliphatic carbocycles. The molecule has 0 amide bonds. The van der Waals surface area contributed by atoms with Gasteiger partial charge in [-0.15, -0.1) is 0 Å². The molecule has 3 aromatic rings. The fraction of sp³-hybridized carbons (Fsp3) is 0.280. The number of ether oxygens (including phenoxy) is 2. The number of nitrogens with one attached hydrogen (secondary N) is 1. The van der Waals surface area contributed by atoms with Crippen LogP contribution < -0.4 is 14.8 Å². The van der Waals surface area contributed by atoms with Crippen LogP contribution in [0.3, 0.4) is 0 Å². The number of para-hydroxylation sites is 1. The topological polar surface area (TPSA) is 50.7 Å². The summed E-state index contributed by atoms with van der Waals surface area (Å²) in [5.74, 6) is 1.67. The molecular weight excluding hydrogens is 398 g/mol. The van der Waals surface area contributed by atoms with Crippen molar-refractivity contribution in [3.63, 3.8) is 0 Å². The molecule has 0 saturated carbocycles. The number of hydrogen-bond donors (Lipinski definition) is 2. The van der Waals surface area contributed by atoms with Gasteiger partial charge in [-0.25, -0.2) is 0 Å². The van der Waals surface area contributed by atoms with Crippen LogP contribution in [0.2, 0.25) is 5.02 Å². The summed E-state index contributed by atoms with van der Waals surface area (Å²) in [5, 5.41) is 14.3. The molecular formula is C25H28ClNO3. The minimum absolute atomic E-state index is 0.227. The van der Waals surface area contributed by atoms with E-state index in [-0.39, 0.29) is 6.04 Å². The maximum absolute atomic E-state index is 10.3. The minimum Gasteiger partial charge on any atom is -0.490 e. The number of hydrogen-bond acceptors (Lipinski definition) is 4. The zero-order valence-corrected chi connectivity index (χ0v) is 17.9. The molecule has 0 aliphatic rings. The predicted molar refractivity (Wildman–Crippen MR) is 121 cm³/mol. The van der Waals surface area contributed by atoms with E-state index in [0.29, 0.717) is 24.8 Å². The van der Waals surface area contributed by atoms with E-state index in [1.807, 2.05) is 54.6 Å². The lowest BCUT2D eigenvalue weighted by Crippen LogP contribution is -2.32. The Morgan fingerprint density at radius 1 is 0.867 bits per heavy atom. The van der Waals surface area contributed by atoms with Crippen LogP contribution in [0.5, 0.6) is 11.5 Å². The smallest absolute Gasteiger partial charge is 0.122 e. The third-order valence-electron chi connectivity index (χ3n) is 4.72. The maximum Gasteiger partial charge on any atom is 0.122 e. The number of halogens is 1. The highest BCUT2D eigenvalue weighted by Gasteiger charge is 2.10. The summed E-state index contributed by atoms with van der Waals surface area (Å²) in [5.41, 5.74) is 2.03. The Hall–Kier alpha value is -2.53. The predicted octanol–water partition coefficient (Wildman–Crippen LogP) is 5.05. The highest BCUT2D eigenvalue weighted by atomic mass is 35.5. The Kier molecular flexibility index (Phi) is 8.57. The Labute approximate surface area is 183 Å². The monoisotopic (exact) mass is 425 g/mol. The van der Waals surface area contributed by atoms with E-state index >= 15 is 0 Å². The molecule has 0 aromatic heterocycles. The second kappa shape index (κ2) is 11.6. The van der Waals surface area contributed by atoms with Crippen molar-refractivity contribution >= 4 is 11.6 Å². The third-order valence-corrected chi connectivity index (χ3v) is 4.96. The van der Waals surface area contributed by atoms with Gasteiger partial charge >= 0.3 is 0 Å². The molecule has 30 heavy (non-hydrogen) atoms. The van der Waals surface area contributed by atoms with Crippen LogP contribution in [0.15, 0.2) is 78.9 Å². The highest BCUT2D eigenvalue weighted by Crippen LogP contribution is 2.18. The molecule has 2 atom stereocenters. The maximum atomic E-state index is 10.3. The van der Waals surface area contributed by atoms with Crippen LogP contribution in [0.4, 0.5) is 0 Å². The molecule has 0 aliphatic heterocycles. The first-order chi connectivity index (χ1) is 14.6. The van der Waals surface area contributed by atoms with Gasteiger partial charge in [-0.05, 0) is 60.9 Å². The lowest BCUT2D eigenvalue weighted by molar-refractivity contribution is 0.170. The molecule has 2 unspecified atom stereocenters. The van der Waals surface area contributed by atoms with Gasteiger partial charge in [0.15, 0.2) is 0 Å². The molecule has 0 bridgehead atoms. The van der Waals surface area contributed by atoms with Gasteiger partial charge in [0.05, 0.1) is 6.10 Å².